The second-order valence-electron chi connectivity index (χ2n) is 4.01. The van der Waals surface area contributed by atoms with Crippen LogP contribution in [0.2, 0.25) is 0 Å². The van der Waals surface area contributed by atoms with Crippen LogP contribution in [-0.4, -0.2) is 44.9 Å². The first kappa shape index (κ1) is 11.7. The lowest BCUT2D eigenvalue weighted by Crippen LogP contribution is -2.20. The Hall–Kier alpha value is -1.75. The van der Waals surface area contributed by atoms with Gasteiger partial charge >= 0.3 is 5.97 Å². The largest absolute Gasteiger partial charge is 0.461 e. The maximum absolute atomic E-state index is 11.7. The molecule has 92 valence electrons. The summed E-state index contributed by atoms with van der Waals surface area (Å²) in [5.41, 5.74) is 0.480. The molecule has 0 bridgehead atoms. The average Bonchev–Trinajstić information content (AvgIpc) is 2.75. The van der Waals surface area contributed by atoms with Crippen LogP contribution in [0.1, 0.15) is 10.4 Å². The van der Waals surface area contributed by atoms with E-state index in [0.717, 1.165) is 0 Å². The van der Waals surface area contributed by atoms with Gasteiger partial charge < -0.3 is 19.1 Å². The Morgan fingerprint density at radius 2 is 2.12 bits per heavy atom. The number of ether oxygens (including phenoxy) is 3. The van der Waals surface area contributed by atoms with E-state index >= 15 is 0 Å². The summed E-state index contributed by atoms with van der Waals surface area (Å²) >= 11 is 0. The Labute approximate surface area is 99.9 Å². The molecule has 0 aromatic heterocycles. The normalized spacial score (nSPS) is 12.9. The fourth-order valence-corrected chi connectivity index (χ4v) is 1.43. The third-order valence-corrected chi connectivity index (χ3v) is 2.38. The molecule has 5 nitrogen and oxygen atoms in total. The molecule has 0 fully saturated rings. The lowest BCUT2D eigenvalue weighted by molar-refractivity contribution is 0.0481. The quantitative estimate of drug-likeness (QED) is 0.735. The molecular formula is C12H15NO4. The second kappa shape index (κ2) is 5.05. The number of hydrogen-bond donors (Lipinski definition) is 0. The van der Waals surface area contributed by atoms with E-state index in [1.54, 1.807) is 18.2 Å². The van der Waals surface area contributed by atoms with Gasteiger partial charge in [0.1, 0.15) is 6.61 Å². The van der Waals surface area contributed by atoms with Gasteiger partial charge in [0.2, 0.25) is 6.79 Å². The molecule has 0 aliphatic carbocycles. The van der Waals surface area contributed by atoms with Crippen LogP contribution in [0, 0.1) is 0 Å². The van der Waals surface area contributed by atoms with Crippen molar-refractivity contribution in [2.24, 2.45) is 0 Å². The molecule has 0 spiro atoms. The van der Waals surface area contributed by atoms with Gasteiger partial charge in [0.15, 0.2) is 11.5 Å². The van der Waals surface area contributed by atoms with Crippen molar-refractivity contribution in [3.63, 3.8) is 0 Å². The molecule has 5 heteroatoms. The molecule has 1 aromatic carbocycles. The fraction of sp³-hybridized carbons (Fsp3) is 0.417. The van der Waals surface area contributed by atoms with E-state index in [0.29, 0.717) is 30.2 Å². The summed E-state index contributed by atoms with van der Waals surface area (Å²) in [4.78, 5) is 13.6. The summed E-state index contributed by atoms with van der Waals surface area (Å²) in [6.07, 6.45) is 0. The molecule has 0 saturated carbocycles. The van der Waals surface area contributed by atoms with Crippen LogP contribution in [0.25, 0.3) is 0 Å². The monoisotopic (exact) mass is 237 g/mol. The van der Waals surface area contributed by atoms with Crippen molar-refractivity contribution in [1.82, 2.24) is 4.90 Å². The first-order valence-electron chi connectivity index (χ1n) is 5.38. The van der Waals surface area contributed by atoms with Gasteiger partial charge in [0.25, 0.3) is 0 Å². The smallest absolute Gasteiger partial charge is 0.338 e. The molecule has 0 radical (unpaired) electrons. The van der Waals surface area contributed by atoms with Crippen LogP contribution in [-0.2, 0) is 4.74 Å². The predicted molar refractivity (Wildman–Crippen MR) is 61.4 cm³/mol. The minimum Gasteiger partial charge on any atom is -0.461 e. The zero-order valence-electron chi connectivity index (χ0n) is 9.93. The summed E-state index contributed by atoms with van der Waals surface area (Å²) < 4.78 is 15.5. The number of hydrogen-bond acceptors (Lipinski definition) is 5. The summed E-state index contributed by atoms with van der Waals surface area (Å²) in [6, 6.07) is 5.02. The first-order chi connectivity index (χ1) is 8.16. The highest BCUT2D eigenvalue weighted by atomic mass is 16.7. The SMILES string of the molecule is CN(C)CCOC(=O)c1ccc2c(c1)OCO2. The lowest BCUT2D eigenvalue weighted by atomic mass is 10.2. The summed E-state index contributed by atoms with van der Waals surface area (Å²) in [6.45, 7) is 1.28. The molecule has 0 unspecified atom stereocenters. The Morgan fingerprint density at radius 1 is 1.35 bits per heavy atom. The standard InChI is InChI=1S/C12H15NO4/c1-13(2)5-6-15-12(14)9-3-4-10-11(7-9)17-8-16-10/h3-4,7H,5-6,8H2,1-2H3. The second-order valence-corrected chi connectivity index (χ2v) is 4.01. The number of carbonyl (C=O) groups is 1. The van der Waals surface area contributed by atoms with Crippen LogP contribution in [0.3, 0.4) is 0 Å². The Balaban J connectivity index is 1.95. The van der Waals surface area contributed by atoms with Crippen LogP contribution >= 0.6 is 0 Å². The minimum absolute atomic E-state index is 0.203. The van der Waals surface area contributed by atoms with Gasteiger partial charge in [0.05, 0.1) is 5.56 Å². The van der Waals surface area contributed by atoms with Crippen molar-refractivity contribution >= 4 is 5.97 Å². The van der Waals surface area contributed by atoms with Crippen molar-refractivity contribution in [3.8, 4) is 11.5 Å². The summed E-state index contributed by atoms with van der Waals surface area (Å²) in [7, 11) is 3.85. The van der Waals surface area contributed by atoms with Gasteiger partial charge in [-0.25, -0.2) is 4.79 Å². The van der Waals surface area contributed by atoms with Crippen molar-refractivity contribution < 1.29 is 19.0 Å². The van der Waals surface area contributed by atoms with Crippen molar-refractivity contribution in [3.05, 3.63) is 23.8 Å². The molecule has 0 saturated heterocycles. The van der Waals surface area contributed by atoms with Crippen molar-refractivity contribution in [2.75, 3.05) is 34.0 Å². The Bertz CT molecular complexity index is 417. The van der Waals surface area contributed by atoms with Crippen molar-refractivity contribution in [2.45, 2.75) is 0 Å². The molecular weight excluding hydrogens is 222 g/mol. The molecule has 17 heavy (non-hydrogen) atoms. The number of carbonyl (C=O) groups excluding carboxylic acids is 1. The molecule has 1 aromatic rings. The van der Waals surface area contributed by atoms with Gasteiger partial charge in [-0.3, -0.25) is 0 Å². The average molecular weight is 237 g/mol. The Kier molecular flexibility index (Phi) is 3.49. The number of benzene rings is 1. The maximum atomic E-state index is 11.7. The van der Waals surface area contributed by atoms with E-state index in [1.807, 2.05) is 19.0 Å². The number of rotatable bonds is 4. The molecule has 1 heterocycles. The van der Waals surface area contributed by atoms with E-state index in [4.69, 9.17) is 14.2 Å². The van der Waals surface area contributed by atoms with Gasteiger partial charge in [-0.2, -0.15) is 0 Å². The topological polar surface area (TPSA) is 48.0 Å². The zero-order valence-corrected chi connectivity index (χ0v) is 9.93. The maximum Gasteiger partial charge on any atom is 0.338 e. The minimum atomic E-state index is -0.342. The van der Waals surface area contributed by atoms with Crippen LogP contribution in [0.15, 0.2) is 18.2 Å². The summed E-state index contributed by atoms with van der Waals surface area (Å²) in [5.74, 6) is 0.909. The van der Waals surface area contributed by atoms with Gasteiger partial charge in [-0.1, -0.05) is 0 Å². The van der Waals surface area contributed by atoms with E-state index in [-0.39, 0.29) is 12.8 Å². The fourth-order valence-electron chi connectivity index (χ4n) is 1.43. The van der Waals surface area contributed by atoms with E-state index in [1.165, 1.54) is 0 Å². The highest BCUT2D eigenvalue weighted by molar-refractivity contribution is 5.90. The number of esters is 1. The third-order valence-electron chi connectivity index (χ3n) is 2.38. The number of likely N-dealkylation sites (N-methyl/N-ethyl adjacent to an activating group) is 1. The van der Waals surface area contributed by atoms with E-state index < -0.39 is 0 Å². The van der Waals surface area contributed by atoms with Gasteiger partial charge in [0, 0.05) is 6.54 Å². The van der Waals surface area contributed by atoms with Crippen LogP contribution < -0.4 is 9.47 Å². The number of fused-ring (bicyclic) bond motifs is 1. The predicted octanol–water partition coefficient (Wildman–Crippen LogP) is 1.13. The van der Waals surface area contributed by atoms with E-state index in [2.05, 4.69) is 0 Å². The molecule has 0 amide bonds. The van der Waals surface area contributed by atoms with Crippen LogP contribution in [0.5, 0.6) is 11.5 Å². The lowest BCUT2D eigenvalue weighted by Gasteiger charge is -2.10. The molecule has 1 aliphatic rings. The first-order valence-corrected chi connectivity index (χ1v) is 5.38. The van der Waals surface area contributed by atoms with Gasteiger partial charge in [-0.05, 0) is 32.3 Å². The van der Waals surface area contributed by atoms with Gasteiger partial charge in [-0.15, -0.1) is 0 Å². The summed E-state index contributed by atoms with van der Waals surface area (Å²) in [5, 5.41) is 0. The number of nitrogens with zero attached hydrogens (tertiary/aromatic N) is 1. The zero-order chi connectivity index (χ0) is 12.3. The molecule has 0 atom stereocenters. The molecule has 0 N–H and O–H groups in total. The van der Waals surface area contributed by atoms with E-state index in [9.17, 15) is 4.79 Å². The highest BCUT2D eigenvalue weighted by Crippen LogP contribution is 2.32. The molecule has 2 rings (SSSR count). The highest BCUT2D eigenvalue weighted by Gasteiger charge is 2.16. The third kappa shape index (κ3) is 2.88. The van der Waals surface area contributed by atoms with Crippen molar-refractivity contribution in [1.29, 1.82) is 0 Å². The molecule has 1 aliphatic heterocycles. The Morgan fingerprint density at radius 3 is 2.88 bits per heavy atom. The van der Waals surface area contributed by atoms with Crippen LogP contribution in [0.4, 0.5) is 0 Å².